The third-order valence-corrected chi connectivity index (χ3v) is 6.32. The van der Waals surface area contributed by atoms with E-state index in [1.165, 1.54) is 24.0 Å². The summed E-state index contributed by atoms with van der Waals surface area (Å²) >= 11 is 0. The molecule has 4 nitrogen and oxygen atoms in total. The first-order valence-electron chi connectivity index (χ1n) is 11.4. The summed E-state index contributed by atoms with van der Waals surface area (Å²) in [4.78, 5) is 24.3. The van der Waals surface area contributed by atoms with Crippen molar-refractivity contribution in [3.63, 3.8) is 0 Å². The van der Waals surface area contributed by atoms with Crippen LogP contribution in [-0.2, 0) is 31.9 Å². The molecule has 0 atom stereocenters. The molecule has 0 radical (unpaired) electrons. The lowest BCUT2D eigenvalue weighted by Gasteiger charge is -2.39. The van der Waals surface area contributed by atoms with Crippen LogP contribution in [0.5, 0.6) is 0 Å². The van der Waals surface area contributed by atoms with Crippen LogP contribution in [0.15, 0.2) is 24.3 Å². The largest absolute Gasteiger partial charge is 0.466 e. The molecule has 2 rings (SSSR count). The van der Waals surface area contributed by atoms with Crippen LogP contribution in [0.2, 0.25) is 0 Å². The molecule has 1 aromatic carbocycles. The average Bonchev–Trinajstić information content (AvgIpc) is 2.70. The first-order valence-corrected chi connectivity index (χ1v) is 11.4. The van der Waals surface area contributed by atoms with Gasteiger partial charge in [-0.15, -0.1) is 0 Å². The predicted molar refractivity (Wildman–Crippen MR) is 116 cm³/mol. The zero-order valence-electron chi connectivity index (χ0n) is 18.5. The molecule has 1 saturated carbocycles. The lowest BCUT2D eigenvalue weighted by molar-refractivity contribution is -0.151. The van der Waals surface area contributed by atoms with Crippen molar-refractivity contribution in [2.75, 3.05) is 13.2 Å². The minimum atomic E-state index is -0.287. The van der Waals surface area contributed by atoms with Crippen molar-refractivity contribution in [2.24, 2.45) is 11.3 Å². The SMILES string of the molecule is CCOC(=O)CC1(CC(=O)OCC)CCC(CCCc2ccc(CC)cc2)CC1. The Hall–Kier alpha value is -1.84. The van der Waals surface area contributed by atoms with Gasteiger partial charge in [0, 0.05) is 0 Å². The van der Waals surface area contributed by atoms with Gasteiger partial charge in [-0.05, 0) is 81.3 Å². The first-order chi connectivity index (χ1) is 14.0. The number of rotatable bonds is 11. The van der Waals surface area contributed by atoms with Gasteiger partial charge in [-0.3, -0.25) is 9.59 Å². The van der Waals surface area contributed by atoms with E-state index in [0.29, 0.717) is 32.0 Å². The number of carbonyl (C=O) groups excluding carboxylic acids is 2. The number of benzene rings is 1. The summed E-state index contributed by atoms with van der Waals surface area (Å²) in [6.45, 7) is 6.60. The normalized spacial score (nSPS) is 16.4. The second-order valence-corrected chi connectivity index (χ2v) is 8.47. The zero-order valence-corrected chi connectivity index (χ0v) is 18.5. The van der Waals surface area contributed by atoms with Crippen molar-refractivity contribution < 1.29 is 19.1 Å². The third-order valence-electron chi connectivity index (χ3n) is 6.32. The molecule has 1 aliphatic rings. The summed E-state index contributed by atoms with van der Waals surface area (Å²) in [5.74, 6) is 0.305. The van der Waals surface area contributed by atoms with Gasteiger partial charge in [0.25, 0.3) is 0 Å². The fraction of sp³-hybridized carbons (Fsp3) is 0.680. The molecule has 4 heteroatoms. The van der Waals surface area contributed by atoms with Gasteiger partial charge >= 0.3 is 11.9 Å². The molecule has 0 unspecified atom stereocenters. The Labute approximate surface area is 176 Å². The quantitative estimate of drug-likeness (QED) is 0.449. The van der Waals surface area contributed by atoms with Crippen LogP contribution in [0.3, 0.4) is 0 Å². The Morgan fingerprint density at radius 3 is 1.90 bits per heavy atom. The summed E-state index contributed by atoms with van der Waals surface area (Å²) in [7, 11) is 0. The Kier molecular flexibility index (Phi) is 9.69. The molecule has 0 saturated heterocycles. The summed E-state index contributed by atoms with van der Waals surface area (Å²) in [5, 5.41) is 0. The van der Waals surface area contributed by atoms with E-state index in [4.69, 9.17) is 9.47 Å². The van der Waals surface area contributed by atoms with Crippen LogP contribution in [0.4, 0.5) is 0 Å². The minimum Gasteiger partial charge on any atom is -0.466 e. The monoisotopic (exact) mass is 402 g/mol. The van der Waals surface area contributed by atoms with Gasteiger partial charge in [-0.2, -0.15) is 0 Å². The highest BCUT2D eigenvalue weighted by Crippen LogP contribution is 2.46. The predicted octanol–water partition coefficient (Wildman–Crippen LogP) is 5.65. The van der Waals surface area contributed by atoms with Crippen molar-refractivity contribution in [1.82, 2.24) is 0 Å². The number of ether oxygens (including phenoxy) is 2. The van der Waals surface area contributed by atoms with Gasteiger partial charge in [-0.1, -0.05) is 37.6 Å². The number of esters is 2. The van der Waals surface area contributed by atoms with Crippen LogP contribution < -0.4 is 0 Å². The van der Waals surface area contributed by atoms with E-state index in [0.717, 1.165) is 38.5 Å². The maximum absolute atomic E-state index is 12.1. The Morgan fingerprint density at radius 1 is 0.897 bits per heavy atom. The maximum atomic E-state index is 12.1. The van der Waals surface area contributed by atoms with Crippen molar-refractivity contribution in [3.05, 3.63) is 35.4 Å². The van der Waals surface area contributed by atoms with E-state index < -0.39 is 0 Å². The van der Waals surface area contributed by atoms with Gasteiger partial charge in [0.15, 0.2) is 0 Å². The van der Waals surface area contributed by atoms with E-state index in [-0.39, 0.29) is 17.4 Å². The van der Waals surface area contributed by atoms with E-state index >= 15 is 0 Å². The highest BCUT2D eigenvalue weighted by atomic mass is 16.5. The molecular weight excluding hydrogens is 364 g/mol. The molecule has 1 fully saturated rings. The van der Waals surface area contributed by atoms with Crippen molar-refractivity contribution >= 4 is 11.9 Å². The third kappa shape index (κ3) is 7.83. The van der Waals surface area contributed by atoms with Gasteiger partial charge in [0.05, 0.1) is 26.1 Å². The number of hydrogen-bond acceptors (Lipinski definition) is 4. The van der Waals surface area contributed by atoms with Crippen LogP contribution in [0, 0.1) is 11.3 Å². The maximum Gasteiger partial charge on any atom is 0.306 e. The second-order valence-electron chi connectivity index (χ2n) is 8.47. The van der Waals surface area contributed by atoms with Crippen molar-refractivity contribution in [3.8, 4) is 0 Å². The molecule has 1 aliphatic carbocycles. The number of aryl methyl sites for hydroxylation is 2. The lowest BCUT2D eigenvalue weighted by Crippen LogP contribution is -2.33. The molecule has 0 N–H and O–H groups in total. The molecule has 162 valence electrons. The second kappa shape index (κ2) is 12.0. The summed E-state index contributed by atoms with van der Waals surface area (Å²) < 4.78 is 10.4. The van der Waals surface area contributed by atoms with E-state index in [2.05, 4.69) is 31.2 Å². The Morgan fingerprint density at radius 2 is 1.41 bits per heavy atom. The number of carbonyl (C=O) groups is 2. The molecule has 29 heavy (non-hydrogen) atoms. The van der Waals surface area contributed by atoms with Crippen LogP contribution in [0.1, 0.15) is 83.3 Å². The van der Waals surface area contributed by atoms with Gasteiger partial charge in [-0.25, -0.2) is 0 Å². The van der Waals surface area contributed by atoms with Crippen LogP contribution >= 0.6 is 0 Å². The molecule has 0 spiro atoms. The van der Waals surface area contributed by atoms with E-state index in [9.17, 15) is 9.59 Å². The smallest absolute Gasteiger partial charge is 0.306 e. The first kappa shape index (κ1) is 23.4. The Bertz CT molecular complexity index is 605. The summed E-state index contributed by atoms with van der Waals surface area (Å²) in [6.07, 6.45) is 9.23. The van der Waals surface area contributed by atoms with E-state index in [1.807, 2.05) is 13.8 Å². The summed E-state index contributed by atoms with van der Waals surface area (Å²) in [6, 6.07) is 8.97. The van der Waals surface area contributed by atoms with Crippen LogP contribution in [-0.4, -0.2) is 25.2 Å². The molecule has 1 aromatic rings. The summed E-state index contributed by atoms with van der Waals surface area (Å²) in [5.41, 5.74) is 2.52. The highest BCUT2D eigenvalue weighted by Gasteiger charge is 2.39. The Balaban J connectivity index is 1.83. The van der Waals surface area contributed by atoms with Gasteiger partial charge in [0.2, 0.25) is 0 Å². The van der Waals surface area contributed by atoms with E-state index in [1.54, 1.807) is 0 Å². The molecule has 0 aromatic heterocycles. The van der Waals surface area contributed by atoms with Gasteiger partial charge < -0.3 is 9.47 Å². The zero-order chi connectivity index (χ0) is 21.1. The average molecular weight is 403 g/mol. The molecular formula is C25H38O4. The fourth-order valence-electron chi connectivity index (χ4n) is 4.57. The topological polar surface area (TPSA) is 52.6 Å². The van der Waals surface area contributed by atoms with Crippen molar-refractivity contribution in [1.29, 1.82) is 0 Å². The minimum absolute atomic E-state index is 0.189. The number of hydrogen-bond donors (Lipinski definition) is 0. The molecule has 0 bridgehead atoms. The fourth-order valence-corrected chi connectivity index (χ4v) is 4.57. The lowest BCUT2D eigenvalue weighted by atomic mass is 9.66. The highest BCUT2D eigenvalue weighted by molar-refractivity contribution is 5.74. The standard InChI is InChI=1S/C25H38O4/c1-4-20-10-12-21(13-11-20)8-7-9-22-14-16-25(17-15-22,18-23(26)28-5-2)19-24(27)29-6-3/h10-13,22H,4-9,14-19H2,1-3H3. The molecule has 0 amide bonds. The molecule has 0 aliphatic heterocycles. The molecule has 0 heterocycles. The van der Waals surface area contributed by atoms with Gasteiger partial charge in [0.1, 0.15) is 0 Å². The van der Waals surface area contributed by atoms with Crippen LogP contribution in [0.25, 0.3) is 0 Å². The van der Waals surface area contributed by atoms with Crippen molar-refractivity contribution in [2.45, 2.75) is 85.0 Å².